The van der Waals surface area contributed by atoms with Crippen LogP contribution < -0.4 is 5.32 Å². The monoisotopic (exact) mass is 404 g/mol. The van der Waals surface area contributed by atoms with Crippen LogP contribution in [0.3, 0.4) is 0 Å². The van der Waals surface area contributed by atoms with E-state index in [-0.39, 0.29) is 19.5 Å². The molecule has 2 atom stereocenters. The number of nitrogens with zero attached hydrogens (tertiary/aromatic N) is 3. The summed E-state index contributed by atoms with van der Waals surface area (Å²) in [5.74, 6) is -0.900. The maximum absolute atomic E-state index is 13.4. The number of rotatable bonds is 3. The zero-order valence-electron chi connectivity index (χ0n) is 13.1. The lowest BCUT2D eigenvalue weighted by atomic mass is 10.1. The molecule has 1 aromatic carbocycles. The average molecular weight is 405 g/mol. The first kappa shape index (κ1) is 17.3. The molecule has 6 nitrogen and oxygen atoms in total. The maximum atomic E-state index is 13.4. The fraction of sp³-hybridized carbons (Fsp3) is 0.294. The van der Waals surface area contributed by atoms with Gasteiger partial charge in [0.15, 0.2) is 0 Å². The molecule has 3 rings (SSSR count). The standard InChI is InChI=1S/C17H14BrFN4O2/c18-10-1-2-15-14(5-10)13(3-4-21-15)17(25)22-8-16(24)23-9-11(19)6-12(23)7-20/h1-5,11-12H,6,8-9H2,(H,22,25)/t11?,12-/m0/s1. The first-order valence-corrected chi connectivity index (χ1v) is 8.44. The largest absolute Gasteiger partial charge is 0.343 e. The molecule has 0 radical (unpaired) electrons. The van der Waals surface area contributed by atoms with Crippen LogP contribution in [-0.4, -0.2) is 47.0 Å². The van der Waals surface area contributed by atoms with E-state index in [0.29, 0.717) is 16.5 Å². The summed E-state index contributed by atoms with van der Waals surface area (Å²) < 4.78 is 14.2. The van der Waals surface area contributed by atoms with Gasteiger partial charge in [0, 0.05) is 22.5 Å². The molecule has 0 spiro atoms. The van der Waals surface area contributed by atoms with Gasteiger partial charge in [-0.3, -0.25) is 14.6 Å². The Morgan fingerprint density at radius 3 is 3.00 bits per heavy atom. The number of fused-ring (bicyclic) bond motifs is 1. The number of carbonyl (C=O) groups excluding carboxylic acids is 2. The van der Waals surface area contributed by atoms with E-state index in [0.717, 1.165) is 4.47 Å². The Morgan fingerprint density at radius 1 is 1.44 bits per heavy atom. The number of amides is 2. The zero-order chi connectivity index (χ0) is 18.0. The highest BCUT2D eigenvalue weighted by atomic mass is 79.9. The molecular weight excluding hydrogens is 391 g/mol. The van der Waals surface area contributed by atoms with Crippen molar-refractivity contribution in [2.24, 2.45) is 0 Å². The minimum atomic E-state index is -1.20. The lowest BCUT2D eigenvalue weighted by Gasteiger charge is -2.19. The maximum Gasteiger partial charge on any atom is 0.252 e. The van der Waals surface area contributed by atoms with Gasteiger partial charge in [-0.2, -0.15) is 5.26 Å². The third-order valence-electron chi connectivity index (χ3n) is 4.07. The van der Waals surface area contributed by atoms with E-state index in [1.165, 1.54) is 11.1 Å². The highest BCUT2D eigenvalue weighted by Gasteiger charge is 2.35. The van der Waals surface area contributed by atoms with Gasteiger partial charge in [0.25, 0.3) is 5.91 Å². The van der Waals surface area contributed by atoms with Gasteiger partial charge in [0.05, 0.1) is 30.2 Å². The van der Waals surface area contributed by atoms with E-state index in [2.05, 4.69) is 26.2 Å². The zero-order valence-corrected chi connectivity index (χ0v) is 14.7. The molecule has 1 fully saturated rings. The minimum Gasteiger partial charge on any atom is -0.343 e. The number of alkyl halides is 1. The second-order valence-electron chi connectivity index (χ2n) is 5.73. The molecule has 128 valence electrons. The van der Waals surface area contributed by atoms with Crippen LogP contribution in [0.1, 0.15) is 16.8 Å². The van der Waals surface area contributed by atoms with E-state index in [4.69, 9.17) is 5.26 Å². The number of benzene rings is 1. The van der Waals surface area contributed by atoms with Crippen molar-refractivity contribution in [2.45, 2.75) is 18.6 Å². The number of carbonyl (C=O) groups is 2. The number of nitrogens with one attached hydrogen (secondary N) is 1. The fourth-order valence-corrected chi connectivity index (χ4v) is 3.21. The molecule has 25 heavy (non-hydrogen) atoms. The van der Waals surface area contributed by atoms with Gasteiger partial charge in [-0.1, -0.05) is 15.9 Å². The number of aromatic nitrogens is 1. The summed E-state index contributed by atoms with van der Waals surface area (Å²) in [7, 11) is 0. The molecule has 1 aliphatic rings. The predicted octanol–water partition coefficient (Wildman–Crippen LogP) is 2.19. The van der Waals surface area contributed by atoms with Crippen LogP contribution in [-0.2, 0) is 4.79 Å². The van der Waals surface area contributed by atoms with Gasteiger partial charge in [0.2, 0.25) is 5.91 Å². The molecule has 0 aliphatic carbocycles. The molecule has 2 amide bonds. The molecule has 8 heteroatoms. The predicted molar refractivity (Wildman–Crippen MR) is 92.4 cm³/mol. The van der Waals surface area contributed by atoms with Crippen molar-refractivity contribution in [3.8, 4) is 6.07 Å². The van der Waals surface area contributed by atoms with Crippen molar-refractivity contribution in [1.82, 2.24) is 15.2 Å². The number of hydrogen-bond donors (Lipinski definition) is 1. The van der Waals surface area contributed by atoms with Gasteiger partial charge >= 0.3 is 0 Å². The van der Waals surface area contributed by atoms with Gasteiger partial charge in [-0.15, -0.1) is 0 Å². The van der Waals surface area contributed by atoms with E-state index >= 15 is 0 Å². The molecule has 2 heterocycles. The Labute approximate surface area is 151 Å². The van der Waals surface area contributed by atoms with E-state index in [1.54, 1.807) is 18.2 Å². The molecule has 1 N–H and O–H groups in total. The Bertz CT molecular complexity index is 883. The summed E-state index contributed by atoms with van der Waals surface area (Å²) in [5, 5.41) is 12.2. The topological polar surface area (TPSA) is 86.1 Å². The van der Waals surface area contributed by atoms with E-state index in [1.807, 2.05) is 12.1 Å². The number of halogens is 2. The first-order valence-electron chi connectivity index (χ1n) is 7.65. The van der Waals surface area contributed by atoms with Gasteiger partial charge in [-0.05, 0) is 24.3 Å². The van der Waals surface area contributed by atoms with Crippen LogP contribution in [0, 0.1) is 11.3 Å². The highest BCUT2D eigenvalue weighted by molar-refractivity contribution is 9.10. The smallest absolute Gasteiger partial charge is 0.252 e. The molecular formula is C17H14BrFN4O2. The Morgan fingerprint density at radius 2 is 2.24 bits per heavy atom. The second kappa shape index (κ2) is 7.15. The van der Waals surface area contributed by atoms with Crippen LogP contribution in [0.5, 0.6) is 0 Å². The van der Waals surface area contributed by atoms with Gasteiger partial charge in [-0.25, -0.2) is 4.39 Å². The van der Waals surface area contributed by atoms with Gasteiger partial charge < -0.3 is 10.2 Å². The summed E-state index contributed by atoms with van der Waals surface area (Å²) in [6, 6.07) is 8.08. The first-order chi connectivity index (χ1) is 12.0. The molecule has 0 saturated carbocycles. The van der Waals surface area contributed by atoms with Crippen molar-refractivity contribution in [1.29, 1.82) is 5.26 Å². The third kappa shape index (κ3) is 3.61. The average Bonchev–Trinajstić information content (AvgIpc) is 2.99. The summed E-state index contributed by atoms with van der Waals surface area (Å²) >= 11 is 3.36. The van der Waals surface area contributed by atoms with Crippen molar-refractivity contribution < 1.29 is 14.0 Å². The summed E-state index contributed by atoms with van der Waals surface area (Å²) in [6.45, 7) is -0.403. The van der Waals surface area contributed by atoms with Crippen LogP contribution in [0.15, 0.2) is 34.9 Å². The summed E-state index contributed by atoms with van der Waals surface area (Å²) in [6.07, 6.45) is 0.331. The number of nitriles is 1. The minimum absolute atomic E-state index is 0.0131. The Balaban J connectivity index is 1.72. The summed E-state index contributed by atoms with van der Waals surface area (Å²) in [4.78, 5) is 30.0. The molecule has 1 aliphatic heterocycles. The van der Waals surface area contributed by atoms with Crippen LogP contribution in [0.25, 0.3) is 10.9 Å². The Kier molecular flexibility index (Phi) is 4.95. The molecule has 1 unspecified atom stereocenters. The number of hydrogen-bond acceptors (Lipinski definition) is 4. The number of likely N-dealkylation sites (tertiary alicyclic amines) is 1. The fourth-order valence-electron chi connectivity index (χ4n) is 2.85. The molecule has 1 saturated heterocycles. The molecule has 1 aromatic heterocycles. The lowest BCUT2D eigenvalue weighted by Crippen LogP contribution is -2.42. The Hall–Kier alpha value is -2.53. The van der Waals surface area contributed by atoms with Crippen molar-refractivity contribution in [3.63, 3.8) is 0 Å². The van der Waals surface area contributed by atoms with Crippen LogP contribution >= 0.6 is 15.9 Å². The van der Waals surface area contributed by atoms with E-state index in [9.17, 15) is 14.0 Å². The van der Waals surface area contributed by atoms with Crippen molar-refractivity contribution in [3.05, 3.63) is 40.5 Å². The highest BCUT2D eigenvalue weighted by Crippen LogP contribution is 2.22. The molecule has 0 bridgehead atoms. The van der Waals surface area contributed by atoms with Crippen LogP contribution in [0.2, 0.25) is 0 Å². The van der Waals surface area contributed by atoms with Crippen molar-refractivity contribution >= 4 is 38.6 Å². The van der Waals surface area contributed by atoms with Crippen molar-refractivity contribution in [2.75, 3.05) is 13.1 Å². The second-order valence-corrected chi connectivity index (χ2v) is 6.64. The third-order valence-corrected chi connectivity index (χ3v) is 4.56. The SMILES string of the molecule is N#C[C@@H]1CC(F)CN1C(=O)CNC(=O)c1ccnc2ccc(Br)cc12. The lowest BCUT2D eigenvalue weighted by molar-refractivity contribution is -0.130. The quantitative estimate of drug-likeness (QED) is 0.849. The number of pyridine rings is 1. The van der Waals surface area contributed by atoms with Crippen LogP contribution in [0.4, 0.5) is 4.39 Å². The molecule has 2 aromatic rings. The van der Waals surface area contributed by atoms with Gasteiger partial charge in [0.1, 0.15) is 12.2 Å². The normalized spacial score (nSPS) is 19.6. The van der Waals surface area contributed by atoms with E-state index < -0.39 is 24.0 Å². The summed E-state index contributed by atoms with van der Waals surface area (Å²) in [5.41, 5.74) is 1.05.